The summed E-state index contributed by atoms with van der Waals surface area (Å²) in [4.78, 5) is 9.74. The van der Waals surface area contributed by atoms with Gasteiger partial charge in [-0.2, -0.15) is 0 Å². The van der Waals surface area contributed by atoms with Gasteiger partial charge in [0.05, 0.1) is 9.26 Å². The van der Waals surface area contributed by atoms with E-state index >= 15 is 0 Å². The Bertz CT molecular complexity index is 454. The molecule has 0 spiro atoms. The average molecular weight is 401 g/mol. The lowest BCUT2D eigenvalue weighted by Crippen LogP contribution is -2.17. The number of nitrogens with one attached hydrogen (secondary N) is 1. The summed E-state index contributed by atoms with van der Waals surface area (Å²) < 4.78 is 1.20. The molecule has 4 heteroatoms. The van der Waals surface area contributed by atoms with Gasteiger partial charge in [0.15, 0.2) is 0 Å². The largest absolute Gasteiger partial charge is 0.369 e. The molecular formula is C17H28IN3. The highest BCUT2D eigenvalue weighted by Crippen LogP contribution is 2.36. The van der Waals surface area contributed by atoms with Crippen molar-refractivity contribution >= 4 is 28.4 Å². The van der Waals surface area contributed by atoms with E-state index in [1.807, 2.05) is 0 Å². The van der Waals surface area contributed by atoms with Crippen LogP contribution in [0.15, 0.2) is 0 Å². The average Bonchev–Trinajstić information content (AvgIpc) is 2.54. The maximum atomic E-state index is 4.88. The minimum atomic E-state index is 0.567. The first-order valence-electron chi connectivity index (χ1n) is 8.49. The highest BCUT2D eigenvalue weighted by Gasteiger charge is 2.24. The Morgan fingerprint density at radius 3 is 2.38 bits per heavy atom. The number of hydrogen-bond acceptors (Lipinski definition) is 3. The second-order valence-corrected chi connectivity index (χ2v) is 7.18. The Hall–Kier alpha value is -0.390. The Morgan fingerprint density at radius 2 is 1.81 bits per heavy atom. The van der Waals surface area contributed by atoms with E-state index in [1.165, 1.54) is 41.4 Å². The Labute approximate surface area is 142 Å². The molecular weight excluding hydrogens is 373 g/mol. The number of aromatic nitrogens is 2. The van der Waals surface area contributed by atoms with Crippen LogP contribution < -0.4 is 5.32 Å². The highest BCUT2D eigenvalue weighted by atomic mass is 127. The van der Waals surface area contributed by atoms with Crippen LogP contribution in [0.3, 0.4) is 0 Å². The maximum Gasteiger partial charge on any atom is 0.143 e. The van der Waals surface area contributed by atoms with Gasteiger partial charge in [0.1, 0.15) is 11.6 Å². The molecule has 1 aromatic heterocycles. The van der Waals surface area contributed by atoms with Crippen LogP contribution in [0.4, 0.5) is 5.82 Å². The van der Waals surface area contributed by atoms with Crippen molar-refractivity contribution in [3.05, 3.63) is 15.1 Å². The first-order valence-corrected chi connectivity index (χ1v) is 9.57. The van der Waals surface area contributed by atoms with Gasteiger partial charge in [-0.3, -0.25) is 0 Å². The van der Waals surface area contributed by atoms with Gasteiger partial charge in [0.25, 0.3) is 0 Å². The summed E-state index contributed by atoms with van der Waals surface area (Å²) in [7, 11) is 0. The molecule has 0 saturated heterocycles. The van der Waals surface area contributed by atoms with Crippen molar-refractivity contribution in [2.45, 2.75) is 71.6 Å². The topological polar surface area (TPSA) is 37.8 Å². The van der Waals surface area contributed by atoms with E-state index in [4.69, 9.17) is 9.97 Å². The summed E-state index contributed by atoms with van der Waals surface area (Å²) in [6.07, 6.45) is 8.64. The Kier molecular flexibility index (Phi) is 6.71. The monoisotopic (exact) mass is 401 g/mol. The molecule has 0 bridgehead atoms. The fourth-order valence-corrected chi connectivity index (χ4v) is 3.93. The van der Waals surface area contributed by atoms with E-state index in [-0.39, 0.29) is 0 Å². The molecule has 0 radical (unpaired) electrons. The number of aryl methyl sites for hydroxylation is 1. The number of hydrogen-bond donors (Lipinski definition) is 1. The molecule has 1 aliphatic carbocycles. The van der Waals surface area contributed by atoms with Crippen molar-refractivity contribution in [1.29, 1.82) is 0 Å². The van der Waals surface area contributed by atoms with Crippen LogP contribution in [0.25, 0.3) is 0 Å². The first-order chi connectivity index (χ1) is 10.2. The SMILES string of the molecule is CCCNc1nc(C2CCC(CC)CC2)nc(CC)c1I. The lowest BCUT2D eigenvalue weighted by atomic mass is 9.80. The van der Waals surface area contributed by atoms with Gasteiger partial charge in [-0.15, -0.1) is 0 Å². The third-order valence-corrected chi connectivity index (χ3v) is 5.74. The summed E-state index contributed by atoms with van der Waals surface area (Å²) in [6.45, 7) is 7.67. The fourth-order valence-electron chi connectivity index (χ4n) is 3.12. The molecule has 0 atom stereocenters. The van der Waals surface area contributed by atoms with Gasteiger partial charge in [-0.25, -0.2) is 9.97 Å². The molecule has 0 amide bonds. The lowest BCUT2D eigenvalue weighted by molar-refractivity contribution is 0.312. The normalized spacial score (nSPS) is 22.3. The molecule has 2 rings (SSSR count). The predicted molar refractivity (Wildman–Crippen MR) is 97.9 cm³/mol. The summed E-state index contributed by atoms with van der Waals surface area (Å²) in [5.41, 5.74) is 1.21. The van der Waals surface area contributed by atoms with Gasteiger partial charge in [0, 0.05) is 12.5 Å². The number of anilines is 1. The molecule has 3 nitrogen and oxygen atoms in total. The molecule has 21 heavy (non-hydrogen) atoms. The van der Waals surface area contributed by atoms with Gasteiger partial charge >= 0.3 is 0 Å². The molecule has 1 N–H and O–H groups in total. The zero-order valence-electron chi connectivity index (χ0n) is 13.6. The maximum absolute atomic E-state index is 4.88. The quantitative estimate of drug-likeness (QED) is 0.670. The van der Waals surface area contributed by atoms with Crippen molar-refractivity contribution in [2.24, 2.45) is 5.92 Å². The summed E-state index contributed by atoms with van der Waals surface area (Å²) in [6, 6.07) is 0. The number of rotatable bonds is 6. The molecule has 0 unspecified atom stereocenters. The minimum absolute atomic E-state index is 0.567. The molecule has 0 aliphatic heterocycles. The number of nitrogens with zero attached hydrogens (tertiary/aromatic N) is 2. The molecule has 1 fully saturated rings. The van der Waals surface area contributed by atoms with Gasteiger partial charge in [-0.05, 0) is 67.0 Å². The molecule has 1 saturated carbocycles. The summed E-state index contributed by atoms with van der Waals surface area (Å²) in [5, 5.41) is 3.48. The van der Waals surface area contributed by atoms with Crippen LogP contribution in [-0.2, 0) is 6.42 Å². The highest BCUT2D eigenvalue weighted by molar-refractivity contribution is 14.1. The van der Waals surface area contributed by atoms with Gasteiger partial charge in [-0.1, -0.05) is 27.2 Å². The van der Waals surface area contributed by atoms with Crippen LogP contribution >= 0.6 is 22.6 Å². The molecule has 1 aliphatic rings. The minimum Gasteiger partial charge on any atom is -0.369 e. The van der Waals surface area contributed by atoms with Crippen LogP contribution in [0.2, 0.25) is 0 Å². The predicted octanol–water partition coefficient (Wildman–Crippen LogP) is 5.15. The smallest absolute Gasteiger partial charge is 0.143 e. The fraction of sp³-hybridized carbons (Fsp3) is 0.765. The molecule has 1 aromatic rings. The zero-order chi connectivity index (χ0) is 15.2. The molecule has 0 aromatic carbocycles. The van der Waals surface area contributed by atoms with Crippen molar-refractivity contribution in [3.8, 4) is 0 Å². The van der Waals surface area contributed by atoms with Crippen LogP contribution in [0, 0.1) is 9.49 Å². The van der Waals surface area contributed by atoms with Crippen molar-refractivity contribution < 1.29 is 0 Å². The van der Waals surface area contributed by atoms with E-state index in [9.17, 15) is 0 Å². The van der Waals surface area contributed by atoms with Crippen molar-refractivity contribution in [1.82, 2.24) is 9.97 Å². The third kappa shape index (κ3) is 4.30. The standard InChI is InChI=1S/C17H28IN3/c1-4-11-19-17-15(18)14(6-3)20-16(21-17)13-9-7-12(5-2)8-10-13/h12-13H,4-11H2,1-3H3,(H,19,20,21). The third-order valence-electron chi connectivity index (χ3n) is 4.60. The van der Waals surface area contributed by atoms with Crippen LogP contribution in [0.1, 0.15) is 76.7 Å². The van der Waals surface area contributed by atoms with Gasteiger partial charge in [0.2, 0.25) is 0 Å². The zero-order valence-corrected chi connectivity index (χ0v) is 15.7. The van der Waals surface area contributed by atoms with E-state index in [2.05, 4.69) is 48.7 Å². The Balaban J connectivity index is 2.19. The summed E-state index contributed by atoms with van der Waals surface area (Å²) in [5.74, 6) is 3.63. The van der Waals surface area contributed by atoms with E-state index in [0.29, 0.717) is 5.92 Å². The first kappa shape index (κ1) is 17.0. The van der Waals surface area contributed by atoms with Gasteiger partial charge < -0.3 is 5.32 Å². The molecule has 118 valence electrons. The summed E-state index contributed by atoms with van der Waals surface area (Å²) >= 11 is 2.39. The second kappa shape index (κ2) is 8.30. The van der Waals surface area contributed by atoms with E-state index in [1.54, 1.807) is 0 Å². The van der Waals surface area contributed by atoms with Crippen molar-refractivity contribution in [3.63, 3.8) is 0 Å². The van der Waals surface area contributed by atoms with E-state index < -0.39 is 0 Å². The lowest BCUT2D eigenvalue weighted by Gasteiger charge is -2.27. The van der Waals surface area contributed by atoms with E-state index in [0.717, 1.165) is 36.9 Å². The number of halogens is 1. The Morgan fingerprint density at radius 1 is 1.10 bits per heavy atom. The molecule has 1 heterocycles. The van der Waals surface area contributed by atoms with Crippen LogP contribution in [0.5, 0.6) is 0 Å². The second-order valence-electron chi connectivity index (χ2n) is 6.10. The van der Waals surface area contributed by atoms with Crippen LogP contribution in [-0.4, -0.2) is 16.5 Å². The van der Waals surface area contributed by atoms with Crippen molar-refractivity contribution in [2.75, 3.05) is 11.9 Å².